The molecule has 0 saturated carbocycles. The minimum Gasteiger partial charge on any atom is -0.464 e. The maximum Gasteiger partial charge on any atom is 0.459 e. The zero-order valence-electron chi connectivity index (χ0n) is 47.4. The molecule has 452 valence electrons. The van der Waals surface area contributed by atoms with Crippen molar-refractivity contribution in [2.24, 2.45) is 10.8 Å². The lowest BCUT2D eigenvalue weighted by Crippen LogP contribution is -2.45. The second-order valence-electron chi connectivity index (χ2n) is 21.6. The molecule has 0 amide bonds. The lowest BCUT2D eigenvalue weighted by atomic mass is 9.92. The van der Waals surface area contributed by atoms with Gasteiger partial charge in [0.05, 0.1) is 24.6 Å². The molecule has 28 nitrogen and oxygen atoms in total. The number of para-hydroxylation sites is 2. The number of nitrogens with zero attached hydrogens (tertiary/aromatic N) is 8. The van der Waals surface area contributed by atoms with E-state index in [-0.39, 0.29) is 47.2 Å². The lowest BCUT2D eigenvalue weighted by molar-refractivity contribution is -0.149. The molecule has 6 aromatic rings. The average molecular weight is 1210 g/mol. The summed E-state index contributed by atoms with van der Waals surface area (Å²) >= 11 is 0. The number of ether oxygens (including phenoxy) is 4. The van der Waals surface area contributed by atoms with Crippen molar-refractivity contribution < 1.29 is 76.2 Å². The van der Waals surface area contributed by atoms with Crippen LogP contribution in [0.5, 0.6) is 11.5 Å². The normalized spacial score (nSPS) is 24.5. The van der Waals surface area contributed by atoms with Crippen LogP contribution < -0.4 is 30.7 Å². The number of rotatable bonds is 24. The van der Waals surface area contributed by atoms with Gasteiger partial charge in [-0.2, -0.15) is 20.4 Å². The number of hydrogen-bond donors (Lipinski definition) is 8. The molecule has 30 heteroatoms. The molecule has 2 saturated heterocycles. The largest absolute Gasteiger partial charge is 0.464 e. The summed E-state index contributed by atoms with van der Waals surface area (Å²) in [5.41, 5.74) is 8.35. The van der Waals surface area contributed by atoms with Gasteiger partial charge < -0.3 is 50.4 Å². The van der Waals surface area contributed by atoms with Crippen molar-refractivity contribution in [3.05, 3.63) is 132 Å². The molecule has 0 spiro atoms. The summed E-state index contributed by atoms with van der Waals surface area (Å²) in [5.74, 6) is -0.710. The van der Waals surface area contributed by atoms with Crippen LogP contribution in [0.4, 0.5) is 11.6 Å². The van der Waals surface area contributed by atoms with Crippen LogP contribution in [0.3, 0.4) is 0 Å². The fourth-order valence-corrected chi connectivity index (χ4v) is 11.3. The van der Waals surface area contributed by atoms with Gasteiger partial charge in [0.25, 0.3) is 0 Å². The number of nitrogen functional groups attached to an aromatic ring is 2. The number of aliphatic hydroxyl groups is 4. The molecular weight excluding hydrogens is 1130 g/mol. The molecule has 2 aliphatic heterocycles. The summed E-state index contributed by atoms with van der Waals surface area (Å²) in [6.45, 7) is 28.9. The van der Waals surface area contributed by atoms with E-state index in [2.05, 4.69) is 40.0 Å². The van der Waals surface area contributed by atoms with Gasteiger partial charge >= 0.3 is 38.9 Å². The van der Waals surface area contributed by atoms with Crippen molar-refractivity contribution in [3.63, 3.8) is 0 Å². The Morgan fingerprint density at radius 1 is 0.655 bits per heavy atom. The number of carbonyl (C=O) groups is 2. The third kappa shape index (κ3) is 14.7. The van der Waals surface area contributed by atoms with Gasteiger partial charge in [0, 0.05) is 0 Å². The Morgan fingerprint density at radius 3 is 1.35 bits per heavy atom. The van der Waals surface area contributed by atoms with E-state index in [0.717, 1.165) is 12.8 Å². The van der Waals surface area contributed by atoms with E-state index in [1.165, 1.54) is 59.8 Å². The first-order chi connectivity index (χ1) is 39.7. The molecule has 0 bridgehead atoms. The summed E-state index contributed by atoms with van der Waals surface area (Å²) in [6, 6.07) is 20.2. The molecule has 84 heavy (non-hydrogen) atoms. The van der Waals surface area contributed by atoms with E-state index in [4.69, 9.17) is 61.7 Å². The minimum atomic E-state index is -4.41. The van der Waals surface area contributed by atoms with Crippen molar-refractivity contribution in [1.82, 2.24) is 39.4 Å². The highest BCUT2D eigenvalue weighted by Gasteiger charge is 2.64. The summed E-state index contributed by atoms with van der Waals surface area (Å²) in [5, 5.41) is 57.1. The number of benzene rings is 2. The van der Waals surface area contributed by atoms with E-state index < -0.39 is 101 Å². The highest BCUT2D eigenvalue weighted by molar-refractivity contribution is 7.52. The predicted molar refractivity (Wildman–Crippen MR) is 302 cm³/mol. The van der Waals surface area contributed by atoms with Crippen LogP contribution in [0, 0.1) is 24.0 Å². The standard InChI is InChI=1S/2C27H35N6O8P/c2*1-6-26(3,4)14-38-25(36)17(2)32-42(37,41-18-10-8-7-9-11-18)39-15-27(29-5)23(35)21(34)22(40-27)19-12-13-20-24(28)30-16-31-33(19)20/h2*7-13,16-17,21-23,34-35H,6,14-15H2,1-4H3,(H,32,37)(H2,28,30,31)/t17-,21-,22-,23-,27+,42+;17-,21-,22-,23-,27+,42-/m00/s1. The monoisotopic (exact) mass is 1200 g/mol. The Kier molecular flexibility index (Phi) is 20.3. The third-order valence-electron chi connectivity index (χ3n) is 14.2. The summed E-state index contributed by atoms with van der Waals surface area (Å²) in [4.78, 5) is 40.2. The van der Waals surface area contributed by atoms with Gasteiger partial charge in [-0.3, -0.25) is 37.8 Å². The van der Waals surface area contributed by atoms with Crippen molar-refractivity contribution >= 4 is 50.1 Å². The van der Waals surface area contributed by atoms with E-state index in [1.807, 2.05) is 41.5 Å². The maximum atomic E-state index is 14.0. The first kappa shape index (κ1) is 64.4. The van der Waals surface area contributed by atoms with Gasteiger partial charge in [0.1, 0.15) is 71.7 Å². The highest BCUT2D eigenvalue weighted by Crippen LogP contribution is 2.51. The molecule has 0 radical (unpaired) electrons. The Morgan fingerprint density at radius 2 is 1.01 bits per heavy atom. The number of nitrogens with one attached hydrogen (secondary N) is 2. The highest BCUT2D eigenvalue weighted by atomic mass is 31.2. The molecule has 2 fully saturated rings. The number of fused-ring (bicyclic) bond motifs is 2. The van der Waals surface area contributed by atoms with E-state index in [9.17, 15) is 39.1 Å². The van der Waals surface area contributed by atoms with Crippen molar-refractivity contribution in [2.45, 2.75) is 128 Å². The van der Waals surface area contributed by atoms with E-state index in [1.54, 1.807) is 60.7 Å². The topological polar surface area (TPSA) is 368 Å². The third-order valence-corrected chi connectivity index (χ3v) is 17.4. The molecular formula is C54H70N12O16P2. The number of carbonyl (C=O) groups excluding carboxylic acids is 2. The first-order valence-corrected chi connectivity index (χ1v) is 29.6. The summed E-state index contributed by atoms with van der Waals surface area (Å²) in [7, 11) is -8.82. The lowest BCUT2D eigenvalue weighted by Gasteiger charge is -2.27. The molecule has 4 aromatic heterocycles. The molecule has 12 atom stereocenters. The maximum absolute atomic E-state index is 14.0. The zero-order chi connectivity index (χ0) is 61.4. The molecule has 6 heterocycles. The van der Waals surface area contributed by atoms with Crippen molar-refractivity contribution in [3.8, 4) is 11.5 Å². The Balaban J connectivity index is 0.000000241. The number of aromatic nitrogens is 6. The van der Waals surface area contributed by atoms with Crippen molar-refractivity contribution in [2.75, 3.05) is 37.9 Å². The Bertz CT molecular complexity index is 3210. The van der Waals surface area contributed by atoms with Gasteiger partial charge in [-0.05, 0) is 86.1 Å². The fraction of sp³-hybridized carbons (Fsp3) is 0.481. The SMILES string of the molecule is [C-]#[N+][C@]1(CO[P@@](=O)(N[C@@H](C)C(=O)OCC(C)(C)CC)Oc2ccccc2)O[C@@H](c2ccc3c(N)ncnn23)[C@H](O)[C@@H]1O.[C-]#[N+][C@]1(CO[P@](=O)(N[C@@H](C)C(=O)OCC(C)(C)CC)Oc2ccccc2)O[C@@H](c2ccc3c(N)ncnn23)[C@H](O)[C@@H]1O. The van der Waals surface area contributed by atoms with Crippen LogP contribution in [-0.2, 0) is 46.7 Å². The summed E-state index contributed by atoms with van der Waals surface area (Å²) in [6.07, 6.45) is -5.23. The fourth-order valence-electron chi connectivity index (χ4n) is 8.26. The number of hydrogen-bond acceptors (Lipinski definition) is 22. The quantitative estimate of drug-likeness (QED) is 0.0203. The van der Waals surface area contributed by atoms with Crippen LogP contribution in [0.1, 0.15) is 91.8 Å². The minimum absolute atomic E-state index is 0.143. The van der Waals surface area contributed by atoms with E-state index in [0.29, 0.717) is 22.4 Å². The average Bonchev–Trinajstić information content (AvgIpc) is 1.89. The molecule has 2 aliphatic rings. The van der Waals surface area contributed by atoms with Crippen molar-refractivity contribution in [1.29, 1.82) is 0 Å². The first-order valence-electron chi connectivity index (χ1n) is 26.6. The van der Waals surface area contributed by atoms with Crippen LogP contribution in [-0.4, -0.2) is 136 Å². The molecule has 10 N–H and O–H groups in total. The van der Waals surface area contributed by atoms with Gasteiger partial charge in [-0.25, -0.2) is 41.3 Å². The van der Waals surface area contributed by atoms with Gasteiger partial charge in [0.2, 0.25) is 0 Å². The number of anilines is 2. The smallest absolute Gasteiger partial charge is 0.459 e. The second-order valence-corrected chi connectivity index (χ2v) is 25.0. The zero-order valence-corrected chi connectivity index (χ0v) is 49.2. The van der Waals surface area contributed by atoms with Gasteiger partial charge in [-0.1, -0.05) is 77.9 Å². The summed E-state index contributed by atoms with van der Waals surface area (Å²) < 4.78 is 75.9. The predicted octanol–water partition coefficient (Wildman–Crippen LogP) is 5.76. The second kappa shape index (κ2) is 26.4. The van der Waals surface area contributed by atoms with Gasteiger partial charge in [0.15, 0.2) is 37.1 Å². The number of aliphatic hydroxyl groups excluding tert-OH is 4. The van der Waals surface area contributed by atoms with Crippen LogP contribution in [0.25, 0.3) is 20.7 Å². The number of esters is 2. The van der Waals surface area contributed by atoms with Gasteiger partial charge in [-0.15, -0.1) is 0 Å². The molecule has 8 rings (SSSR count). The van der Waals surface area contributed by atoms with E-state index >= 15 is 0 Å². The Labute approximate surface area is 484 Å². The Hall–Kier alpha value is -7.14. The number of nitrogens with two attached hydrogens (primary N) is 2. The van der Waals surface area contributed by atoms with Crippen LogP contribution >= 0.6 is 15.5 Å². The van der Waals surface area contributed by atoms with Crippen LogP contribution in [0.15, 0.2) is 97.6 Å². The van der Waals surface area contributed by atoms with Crippen LogP contribution in [0.2, 0.25) is 0 Å². The molecule has 0 unspecified atom stereocenters. The molecule has 2 aromatic carbocycles. The molecule has 0 aliphatic carbocycles.